The highest BCUT2D eigenvalue weighted by Crippen LogP contribution is 2.47. The molecular weight excluding hydrogens is 430 g/mol. The molecule has 0 saturated carbocycles. The number of hydrogen-bond donors (Lipinski definition) is 1. The SMILES string of the molecule is COc1ccc([C@@H]2C3=C(CN(C(C)=O)C3=O)Nc3cccc4c3c2cn4CC(C)C)cc1OC. The fourth-order valence-electron chi connectivity index (χ4n) is 5.20. The number of ether oxygens (including phenoxy) is 2. The van der Waals surface area contributed by atoms with Gasteiger partial charge in [0.1, 0.15) is 0 Å². The molecule has 7 heteroatoms. The van der Waals surface area contributed by atoms with Crippen LogP contribution in [0.15, 0.2) is 53.9 Å². The summed E-state index contributed by atoms with van der Waals surface area (Å²) in [6.45, 7) is 6.91. The Morgan fingerprint density at radius 3 is 2.59 bits per heavy atom. The lowest BCUT2D eigenvalue weighted by atomic mass is 9.84. The second-order valence-corrected chi connectivity index (χ2v) is 9.31. The van der Waals surface area contributed by atoms with Crippen molar-refractivity contribution in [1.29, 1.82) is 0 Å². The largest absolute Gasteiger partial charge is 0.493 e. The highest BCUT2D eigenvalue weighted by Gasteiger charge is 2.41. The molecule has 2 aromatic carbocycles. The van der Waals surface area contributed by atoms with Gasteiger partial charge in [0.2, 0.25) is 5.91 Å². The smallest absolute Gasteiger partial charge is 0.259 e. The van der Waals surface area contributed by atoms with Crippen LogP contribution in [0.2, 0.25) is 0 Å². The van der Waals surface area contributed by atoms with E-state index < -0.39 is 0 Å². The number of carbonyl (C=O) groups is 2. The number of methoxy groups -OCH3 is 2. The van der Waals surface area contributed by atoms with Gasteiger partial charge in [-0.15, -0.1) is 0 Å². The van der Waals surface area contributed by atoms with E-state index >= 15 is 0 Å². The molecule has 3 aromatic rings. The third kappa shape index (κ3) is 3.34. The van der Waals surface area contributed by atoms with E-state index in [0.29, 0.717) is 23.0 Å². The average molecular weight is 460 g/mol. The highest BCUT2D eigenvalue weighted by molar-refractivity contribution is 6.11. The van der Waals surface area contributed by atoms with Gasteiger partial charge in [0.15, 0.2) is 11.5 Å². The molecule has 0 aliphatic carbocycles. The number of hydrogen-bond acceptors (Lipinski definition) is 5. The van der Waals surface area contributed by atoms with E-state index in [0.717, 1.165) is 40.0 Å². The molecule has 0 radical (unpaired) electrons. The Labute approximate surface area is 198 Å². The molecule has 3 heterocycles. The lowest BCUT2D eigenvalue weighted by molar-refractivity contribution is -0.139. The Morgan fingerprint density at radius 1 is 1.15 bits per heavy atom. The lowest BCUT2D eigenvalue weighted by Gasteiger charge is -2.20. The second-order valence-electron chi connectivity index (χ2n) is 9.31. The number of benzene rings is 2. The number of amides is 2. The number of imide groups is 1. The van der Waals surface area contributed by atoms with Gasteiger partial charge < -0.3 is 19.4 Å². The van der Waals surface area contributed by atoms with Crippen LogP contribution >= 0.6 is 0 Å². The average Bonchev–Trinajstić information content (AvgIpc) is 3.28. The van der Waals surface area contributed by atoms with Gasteiger partial charge in [0, 0.05) is 42.4 Å². The van der Waals surface area contributed by atoms with Crippen LogP contribution in [0.25, 0.3) is 10.9 Å². The van der Waals surface area contributed by atoms with Crippen molar-refractivity contribution < 1.29 is 19.1 Å². The van der Waals surface area contributed by atoms with E-state index in [9.17, 15) is 9.59 Å². The van der Waals surface area contributed by atoms with Gasteiger partial charge >= 0.3 is 0 Å². The summed E-state index contributed by atoms with van der Waals surface area (Å²) in [7, 11) is 3.20. The summed E-state index contributed by atoms with van der Waals surface area (Å²) in [6, 6.07) is 12.0. The highest BCUT2D eigenvalue weighted by atomic mass is 16.5. The molecule has 0 spiro atoms. The molecule has 0 unspecified atom stereocenters. The van der Waals surface area contributed by atoms with Gasteiger partial charge in [-0.1, -0.05) is 26.0 Å². The second kappa shape index (κ2) is 8.24. The van der Waals surface area contributed by atoms with Crippen LogP contribution in [0.3, 0.4) is 0 Å². The molecule has 2 aliphatic heterocycles. The molecule has 5 rings (SSSR count). The molecular formula is C27H29N3O4. The number of nitrogens with one attached hydrogen (secondary N) is 1. The van der Waals surface area contributed by atoms with Crippen LogP contribution in [0.5, 0.6) is 11.5 Å². The van der Waals surface area contributed by atoms with Crippen LogP contribution in [0.1, 0.15) is 37.8 Å². The maximum atomic E-state index is 13.6. The number of rotatable bonds is 5. The van der Waals surface area contributed by atoms with Crippen molar-refractivity contribution in [2.75, 3.05) is 26.1 Å². The molecule has 34 heavy (non-hydrogen) atoms. The molecule has 0 saturated heterocycles. The third-order valence-corrected chi connectivity index (χ3v) is 6.62. The number of aromatic nitrogens is 1. The van der Waals surface area contributed by atoms with E-state index in [2.05, 4.69) is 36.0 Å². The van der Waals surface area contributed by atoms with Crippen LogP contribution in [-0.2, 0) is 16.1 Å². The van der Waals surface area contributed by atoms with Gasteiger partial charge in [-0.3, -0.25) is 14.5 Å². The number of anilines is 1. The predicted octanol–water partition coefficient (Wildman–Crippen LogP) is 4.51. The van der Waals surface area contributed by atoms with Crippen molar-refractivity contribution in [3.05, 3.63) is 65.0 Å². The Kier molecular flexibility index (Phi) is 5.35. The molecule has 0 bridgehead atoms. The first-order valence-corrected chi connectivity index (χ1v) is 11.5. The summed E-state index contributed by atoms with van der Waals surface area (Å²) >= 11 is 0. The zero-order valence-corrected chi connectivity index (χ0v) is 20.1. The normalized spacial score (nSPS) is 17.2. The first-order chi connectivity index (χ1) is 16.3. The topological polar surface area (TPSA) is 72.8 Å². The molecule has 7 nitrogen and oxygen atoms in total. The standard InChI is InChI=1S/C27H29N3O4/c1-15(2)12-29-13-18-24(17-9-10-22(33-4)23(11-17)34-5)26-20(14-30(16(3)31)27(26)32)28-19-7-6-8-21(29)25(18)19/h6-11,13,15,24,28H,12,14H2,1-5H3/t24-/m0/s1. The van der Waals surface area contributed by atoms with Crippen LogP contribution < -0.4 is 14.8 Å². The molecule has 176 valence electrons. The summed E-state index contributed by atoms with van der Waals surface area (Å²) in [5.41, 5.74) is 5.38. The first kappa shape index (κ1) is 22.1. The van der Waals surface area contributed by atoms with Gasteiger partial charge in [0.05, 0.1) is 31.9 Å². The molecule has 2 amide bonds. The van der Waals surface area contributed by atoms with Crippen molar-refractivity contribution in [3.8, 4) is 11.5 Å². The Morgan fingerprint density at radius 2 is 1.91 bits per heavy atom. The van der Waals surface area contributed by atoms with Crippen LogP contribution in [0, 0.1) is 5.92 Å². The Bertz CT molecular complexity index is 1350. The summed E-state index contributed by atoms with van der Waals surface area (Å²) in [6.07, 6.45) is 2.16. The molecule has 1 aromatic heterocycles. The minimum Gasteiger partial charge on any atom is -0.493 e. The van der Waals surface area contributed by atoms with Crippen molar-refractivity contribution in [2.24, 2.45) is 5.92 Å². The maximum Gasteiger partial charge on any atom is 0.259 e. The fraction of sp³-hybridized carbons (Fsp3) is 0.333. The van der Waals surface area contributed by atoms with E-state index in [1.54, 1.807) is 14.2 Å². The van der Waals surface area contributed by atoms with Crippen molar-refractivity contribution in [1.82, 2.24) is 9.47 Å². The van der Waals surface area contributed by atoms with Crippen LogP contribution in [-0.4, -0.2) is 42.0 Å². The monoisotopic (exact) mass is 459 g/mol. The zero-order valence-electron chi connectivity index (χ0n) is 20.1. The van der Waals surface area contributed by atoms with E-state index in [1.807, 2.05) is 30.3 Å². The first-order valence-electron chi connectivity index (χ1n) is 11.5. The summed E-state index contributed by atoms with van der Waals surface area (Å²) in [5.74, 6) is 0.795. The minimum absolute atomic E-state index is 0.236. The van der Waals surface area contributed by atoms with Gasteiger partial charge in [0.25, 0.3) is 5.91 Å². The predicted molar refractivity (Wildman–Crippen MR) is 131 cm³/mol. The summed E-state index contributed by atoms with van der Waals surface area (Å²) in [4.78, 5) is 27.2. The molecule has 1 atom stereocenters. The van der Waals surface area contributed by atoms with Crippen molar-refractivity contribution in [3.63, 3.8) is 0 Å². The quantitative estimate of drug-likeness (QED) is 0.608. The Hall–Kier alpha value is -3.74. The zero-order chi connectivity index (χ0) is 24.1. The van der Waals surface area contributed by atoms with E-state index in [1.165, 1.54) is 11.8 Å². The van der Waals surface area contributed by atoms with Gasteiger partial charge in [-0.2, -0.15) is 0 Å². The fourth-order valence-corrected chi connectivity index (χ4v) is 5.20. The van der Waals surface area contributed by atoms with Gasteiger partial charge in [-0.25, -0.2) is 0 Å². The van der Waals surface area contributed by atoms with Crippen molar-refractivity contribution >= 4 is 28.4 Å². The number of nitrogens with zero attached hydrogens (tertiary/aromatic N) is 2. The maximum absolute atomic E-state index is 13.6. The van der Waals surface area contributed by atoms with Crippen molar-refractivity contribution in [2.45, 2.75) is 33.2 Å². The number of carbonyl (C=O) groups excluding carboxylic acids is 2. The van der Waals surface area contributed by atoms with E-state index in [4.69, 9.17) is 9.47 Å². The van der Waals surface area contributed by atoms with Gasteiger partial charge in [-0.05, 0) is 41.3 Å². The lowest BCUT2D eigenvalue weighted by Crippen LogP contribution is -2.33. The third-order valence-electron chi connectivity index (χ3n) is 6.62. The minimum atomic E-state index is -0.362. The van der Waals surface area contributed by atoms with E-state index in [-0.39, 0.29) is 24.3 Å². The Balaban J connectivity index is 1.79. The summed E-state index contributed by atoms with van der Waals surface area (Å²) < 4.78 is 13.3. The van der Waals surface area contributed by atoms with Crippen LogP contribution in [0.4, 0.5) is 5.69 Å². The molecule has 0 fully saturated rings. The molecule has 2 aliphatic rings. The summed E-state index contributed by atoms with van der Waals surface area (Å²) in [5, 5.41) is 4.61. The molecule has 1 N–H and O–H groups in total.